The van der Waals surface area contributed by atoms with Gasteiger partial charge in [0.1, 0.15) is 17.4 Å². The first-order valence-electron chi connectivity index (χ1n) is 4.74. The van der Waals surface area contributed by atoms with Gasteiger partial charge in [0.2, 0.25) is 0 Å². The van der Waals surface area contributed by atoms with E-state index in [-0.39, 0.29) is 0 Å². The number of nitrogen functional groups attached to an aromatic ring is 1. The largest absolute Gasteiger partial charge is 0.484 e. The van der Waals surface area contributed by atoms with Gasteiger partial charge in [-0.05, 0) is 25.1 Å². The predicted molar refractivity (Wildman–Crippen MR) is 69.7 cm³/mol. The molecule has 0 radical (unpaired) electrons. The highest BCUT2D eigenvalue weighted by Gasteiger charge is 2.03. The van der Waals surface area contributed by atoms with Crippen molar-refractivity contribution in [2.24, 2.45) is 0 Å². The summed E-state index contributed by atoms with van der Waals surface area (Å²) in [7, 11) is 0. The van der Waals surface area contributed by atoms with Crippen LogP contribution in [-0.4, -0.2) is 4.98 Å². The average Bonchev–Trinajstić information content (AvgIpc) is 2.63. The molecule has 0 atom stereocenters. The van der Waals surface area contributed by atoms with Crippen molar-refractivity contribution in [1.82, 2.24) is 4.98 Å². The molecule has 2 aromatic rings. The summed E-state index contributed by atoms with van der Waals surface area (Å²) < 4.78 is 6.54. The van der Waals surface area contributed by atoms with Gasteiger partial charge in [0.25, 0.3) is 0 Å². The molecule has 0 bridgehead atoms. The van der Waals surface area contributed by atoms with Crippen LogP contribution in [0.4, 0.5) is 5.69 Å². The summed E-state index contributed by atoms with van der Waals surface area (Å²) >= 11 is 4.94. The highest BCUT2D eigenvalue weighted by Crippen LogP contribution is 2.26. The van der Waals surface area contributed by atoms with Crippen molar-refractivity contribution >= 4 is 33.0 Å². The van der Waals surface area contributed by atoms with E-state index in [4.69, 9.17) is 10.5 Å². The number of ether oxygens (including phenoxy) is 1. The first-order chi connectivity index (χ1) is 7.65. The van der Waals surface area contributed by atoms with Crippen LogP contribution in [0.1, 0.15) is 10.7 Å². The number of anilines is 1. The lowest BCUT2D eigenvalue weighted by Gasteiger charge is -2.07. The second-order valence-corrected chi connectivity index (χ2v) is 5.21. The zero-order valence-electron chi connectivity index (χ0n) is 8.74. The van der Waals surface area contributed by atoms with Gasteiger partial charge >= 0.3 is 0 Å². The molecule has 1 heterocycles. The second-order valence-electron chi connectivity index (χ2n) is 3.35. The minimum atomic E-state index is 0.463. The Balaban J connectivity index is 2.04. The lowest BCUT2D eigenvalue weighted by molar-refractivity contribution is 0.307. The Morgan fingerprint density at radius 1 is 1.50 bits per heavy atom. The third-order valence-corrected chi connectivity index (χ3v) is 3.42. The summed E-state index contributed by atoms with van der Waals surface area (Å²) in [5.41, 5.74) is 7.47. The molecule has 0 aliphatic rings. The normalized spacial score (nSPS) is 10.4. The molecule has 0 amide bonds. The molecule has 0 saturated carbocycles. The van der Waals surface area contributed by atoms with Gasteiger partial charge in [-0.3, -0.25) is 0 Å². The average molecular weight is 299 g/mol. The zero-order chi connectivity index (χ0) is 11.5. The van der Waals surface area contributed by atoms with Gasteiger partial charge in [0.05, 0.1) is 5.69 Å². The number of aryl methyl sites for hydroxylation is 1. The quantitative estimate of drug-likeness (QED) is 0.884. The van der Waals surface area contributed by atoms with Crippen LogP contribution in [0.2, 0.25) is 0 Å². The fourth-order valence-corrected chi connectivity index (χ4v) is 2.32. The van der Waals surface area contributed by atoms with Gasteiger partial charge in [-0.2, -0.15) is 0 Å². The second kappa shape index (κ2) is 4.84. The van der Waals surface area contributed by atoms with E-state index in [2.05, 4.69) is 20.9 Å². The van der Waals surface area contributed by atoms with Gasteiger partial charge in [0.15, 0.2) is 0 Å². The van der Waals surface area contributed by atoms with Crippen molar-refractivity contribution in [2.75, 3.05) is 5.73 Å². The lowest BCUT2D eigenvalue weighted by Crippen LogP contribution is -1.98. The summed E-state index contributed by atoms with van der Waals surface area (Å²) in [6, 6.07) is 5.57. The molecule has 5 heteroatoms. The predicted octanol–water partition coefficient (Wildman–Crippen LogP) is 3.38. The van der Waals surface area contributed by atoms with Crippen LogP contribution >= 0.6 is 27.3 Å². The molecule has 0 fully saturated rings. The molecule has 0 aliphatic heterocycles. The molecule has 3 nitrogen and oxygen atoms in total. The Hall–Kier alpha value is -1.07. The van der Waals surface area contributed by atoms with Crippen LogP contribution in [0.5, 0.6) is 5.75 Å². The molecular weight excluding hydrogens is 288 g/mol. The molecule has 1 aromatic carbocycles. The van der Waals surface area contributed by atoms with E-state index in [1.807, 2.05) is 30.5 Å². The first-order valence-corrected chi connectivity index (χ1v) is 6.41. The van der Waals surface area contributed by atoms with E-state index >= 15 is 0 Å². The summed E-state index contributed by atoms with van der Waals surface area (Å²) in [6.45, 7) is 2.43. The van der Waals surface area contributed by atoms with E-state index in [9.17, 15) is 0 Å². The smallest absolute Gasteiger partial charge is 0.142 e. The summed E-state index contributed by atoms with van der Waals surface area (Å²) in [6.07, 6.45) is 0. The molecule has 84 valence electrons. The maximum atomic E-state index is 5.82. The Morgan fingerprint density at radius 2 is 2.31 bits per heavy atom. The molecular formula is C11H11BrN2OS. The molecule has 2 rings (SSSR count). The topological polar surface area (TPSA) is 48.1 Å². The van der Waals surface area contributed by atoms with E-state index in [0.29, 0.717) is 18.0 Å². The molecule has 0 unspecified atom stereocenters. The van der Waals surface area contributed by atoms with Gasteiger partial charge in [-0.25, -0.2) is 4.98 Å². The van der Waals surface area contributed by atoms with E-state index in [0.717, 1.165) is 15.2 Å². The Bertz CT molecular complexity index is 498. The van der Waals surface area contributed by atoms with Crippen LogP contribution in [-0.2, 0) is 6.61 Å². The van der Waals surface area contributed by atoms with Crippen molar-refractivity contribution in [3.63, 3.8) is 0 Å². The fourth-order valence-electron chi connectivity index (χ4n) is 1.26. The number of hydrogen-bond acceptors (Lipinski definition) is 4. The van der Waals surface area contributed by atoms with Crippen LogP contribution in [0.25, 0.3) is 0 Å². The van der Waals surface area contributed by atoms with Crippen molar-refractivity contribution in [3.8, 4) is 5.75 Å². The van der Waals surface area contributed by atoms with Crippen LogP contribution in [0.15, 0.2) is 28.1 Å². The van der Waals surface area contributed by atoms with Crippen LogP contribution in [0.3, 0.4) is 0 Å². The zero-order valence-corrected chi connectivity index (χ0v) is 11.1. The number of benzene rings is 1. The maximum absolute atomic E-state index is 5.82. The molecule has 1 aromatic heterocycles. The van der Waals surface area contributed by atoms with E-state index in [1.54, 1.807) is 11.3 Å². The third-order valence-electron chi connectivity index (χ3n) is 1.99. The highest BCUT2D eigenvalue weighted by atomic mass is 79.9. The highest BCUT2D eigenvalue weighted by molar-refractivity contribution is 9.10. The summed E-state index contributed by atoms with van der Waals surface area (Å²) in [5.74, 6) is 0.691. The Morgan fingerprint density at radius 3 is 2.94 bits per heavy atom. The summed E-state index contributed by atoms with van der Waals surface area (Å²) in [5, 5.41) is 2.96. The number of nitrogens with two attached hydrogens (primary N) is 1. The van der Waals surface area contributed by atoms with Crippen molar-refractivity contribution in [2.45, 2.75) is 13.5 Å². The number of halogens is 1. The molecule has 0 spiro atoms. The SMILES string of the molecule is Cc1csc(COc2ccc(Br)cc2N)n1. The molecule has 2 N–H and O–H groups in total. The van der Waals surface area contributed by atoms with Gasteiger partial charge < -0.3 is 10.5 Å². The fraction of sp³-hybridized carbons (Fsp3) is 0.182. The Labute approximate surface area is 106 Å². The summed E-state index contributed by atoms with van der Waals surface area (Å²) in [4.78, 5) is 4.32. The first kappa shape index (κ1) is 11.4. The lowest BCUT2D eigenvalue weighted by atomic mass is 10.3. The maximum Gasteiger partial charge on any atom is 0.142 e. The number of aromatic nitrogens is 1. The van der Waals surface area contributed by atoms with E-state index in [1.165, 1.54) is 0 Å². The van der Waals surface area contributed by atoms with E-state index < -0.39 is 0 Å². The van der Waals surface area contributed by atoms with Crippen molar-refractivity contribution in [1.29, 1.82) is 0 Å². The van der Waals surface area contributed by atoms with Crippen molar-refractivity contribution < 1.29 is 4.74 Å². The molecule has 0 aliphatic carbocycles. The van der Waals surface area contributed by atoms with Gasteiger partial charge in [0, 0.05) is 15.5 Å². The van der Waals surface area contributed by atoms with Crippen LogP contribution in [0, 0.1) is 6.92 Å². The number of thiazole rings is 1. The Kier molecular flexibility index (Phi) is 3.46. The monoisotopic (exact) mass is 298 g/mol. The van der Waals surface area contributed by atoms with Gasteiger partial charge in [-0.1, -0.05) is 15.9 Å². The van der Waals surface area contributed by atoms with Crippen LogP contribution < -0.4 is 10.5 Å². The molecule has 0 saturated heterocycles. The third kappa shape index (κ3) is 2.74. The minimum Gasteiger partial charge on any atom is -0.484 e. The minimum absolute atomic E-state index is 0.463. The molecule has 16 heavy (non-hydrogen) atoms. The van der Waals surface area contributed by atoms with Gasteiger partial charge in [-0.15, -0.1) is 11.3 Å². The number of nitrogens with zero attached hydrogens (tertiary/aromatic N) is 1. The number of rotatable bonds is 3. The standard InChI is InChI=1S/C11H11BrN2OS/c1-7-6-16-11(14-7)5-15-10-3-2-8(12)4-9(10)13/h2-4,6H,5,13H2,1H3. The van der Waals surface area contributed by atoms with Crippen molar-refractivity contribution in [3.05, 3.63) is 38.8 Å². The number of hydrogen-bond donors (Lipinski definition) is 1.